The normalized spacial score (nSPS) is 12.3. The second-order valence-electron chi connectivity index (χ2n) is 4.73. The molecule has 0 saturated heterocycles. The Labute approximate surface area is 128 Å². The van der Waals surface area contributed by atoms with Gasteiger partial charge in [-0.15, -0.1) is 0 Å². The second kappa shape index (κ2) is 6.07. The monoisotopic (exact) mass is 359 g/mol. The number of nitrogens with two attached hydrogens (primary N) is 1. The van der Waals surface area contributed by atoms with E-state index in [-0.39, 0.29) is 11.5 Å². The molecule has 0 aromatic heterocycles. The van der Waals surface area contributed by atoms with Crippen molar-refractivity contribution >= 4 is 15.9 Å². The van der Waals surface area contributed by atoms with Crippen LogP contribution in [0.5, 0.6) is 11.5 Å². The molecule has 2 aromatic rings. The SMILES string of the molecule is Cc1cc(Oc2cc(Br)cc(F)c2F)c(C(C)N)cc1F. The Morgan fingerprint density at radius 2 is 1.71 bits per heavy atom. The molecule has 1 unspecified atom stereocenters. The fraction of sp³-hybridized carbons (Fsp3) is 0.200. The lowest BCUT2D eigenvalue weighted by atomic mass is 10.0. The summed E-state index contributed by atoms with van der Waals surface area (Å²) in [4.78, 5) is 0. The Morgan fingerprint density at radius 3 is 2.33 bits per heavy atom. The molecule has 2 rings (SSSR count). The molecule has 112 valence electrons. The van der Waals surface area contributed by atoms with E-state index in [1.807, 2.05) is 0 Å². The van der Waals surface area contributed by atoms with Crippen molar-refractivity contribution in [3.05, 3.63) is 57.3 Å². The summed E-state index contributed by atoms with van der Waals surface area (Å²) >= 11 is 3.06. The number of aryl methyl sites for hydroxylation is 1. The number of hydrogen-bond acceptors (Lipinski definition) is 2. The van der Waals surface area contributed by atoms with E-state index in [4.69, 9.17) is 10.5 Å². The average Bonchev–Trinajstić information content (AvgIpc) is 2.39. The molecule has 0 aliphatic carbocycles. The van der Waals surface area contributed by atoms with Crippen LogP contribution >= 0.6 is 15.9 Å². The molecule has 6 heteroatoms. The summed E-state index contributed by atoms with van der Waals surface area (Å²) in [5.74, 6) is -2.69. The van der Waals surface area contributed by atoms with E-state index < -0.39 is 23.5 Å². The highest BCUT2D eigenvalue weighted by Crippen LogP contribution is 2.34. The van der Waals surface area contributed by atoms with E-state index in [0.29, 0.717) is 15.6 Å². The van der Waals surface area contributed by atoms with Gasteiger partial charge in [-0.3, -0.25) is 0 Å². The van der Waals surface area contributed by atoms with E-state index in [2.05, 4.69) is 15.9 Å². The van der Waals surface area contributed by atoms with Crippen LogP contribution in [0.4, 0.5) is 13.2 Å². The first-order valence-corrected chi connectivity index (χ1v) is 6.97. The van der Waals surface area contributed by atoms with Gasteiger partial charge in [0.2, 0.25) is 5.82 Å². The summed E-state index contributed by atoms with van der Waals surface area (Å²) < 4.78 is 46.5. The fourth-order valence-electron chi connectivity index (χ4n) is 1.84. The average molecular weight is 360 g/mol. The first-order valence-electron chi connectivity index (χ1n) is 6.17. The maximum Gasteiger partial charge on any atom is 0.201 e. The van der Waals surface area contributed by atoms with Gasteiger partial charge in [0.25, 0.3) is 0 Å². The van der Waals surface area contributed by atoms with Gasteiger partial charge in [0.15, 0.2) is 11.6 Å². The zero-order chi connectivity index (χ0) is 15.7. The summed E-state index contributed by atoms with van der Waals surface area (Å²) in [5, 5.41) is 0. The lowest BCUT2D eigenvalue weighted by Gasteiger charge is -2.16. The largest absolute Gasteiger partial charge is 0.454 e. The lowest BCUT2D eigenvalue weighted by molar-refractivity contribution is 0.409. The quantitative estimate of drug-likeness (QED) is 0.783. The van der Waals surface area contributed by atoms with Crippen molar-refractivity contribution in [1.82, 2.24) is 0 Å². The number of benzene rings is 2. The maximum absolute atomic E-state index is 13.8. The van der Waals surface area contributed by atoms with Crippen molar-refractivity contribution in [2.45, 2.75) is 19.9 Å². The van der Waals surface area contributed by atoms with Crippen LogP contribution in [0, 0.1) is 24.4 Å². The number of ether oxygens (including phenoxy) is 1. The van der Waals surface area contributed by atoms with Crippen LogP contribution in [0.15, 0.2) is 28.7 Å². The minimum Gasteiger partial charge on any atom is -0.454 e. The van der Waals surface area contributed by atoms with Crippen LogP contribution in [0.25, 0.3) is 0 Å². The molecule has 2 nitrogen and oxygen atoms in total. The van der Waals surface area contributed by atoms with E-state index in [0.717, 1.165) is 6.07 Å². The van der Waals surface area contributed by atoms with Crippen LogP contribution in [-0.4, -0.2) is 0 Å². The molecule has 21 heavy (non-hydrogen) atoms. The molecule has 2 N–H and O–H groups in total. The van der Waals surface area contributed by atoms with E-state index >= 15 is 0 Å². The predicted molar refractivity (Wildman–Crippen MR) is 77.9 cm³/mol. The standard InChI is InChI=1S/C15H13BrF3NO/c1-7-3-13(10(8(2)20)6-11(7)17)21-14-5-9(16)4-12(18)15(14)19/h3-6,8H,20H2,1-2H3. The van der Waals surface area contributed by atoms with Gasteiger partial charge in [0.1, 0.15) is 11.6 Å². The predicted octanol–water partition coefficient (Wildman–Crippen LogP) is 4.99. The number of halogens is 4. The molecular formula is C15H13BrF3NO. The Balaban J connectivity index is 2.51. The van der Waals surface area contributed by atoms with Gasteiger partial charge >= 0.3 is 0 Å². The Hall–Kier alpha value is -1.53. The highest BCUT2D eigenvalue weighted by molar-refractivity contribution is 9.10. The van der Waals surface area contributed by atoms with Crippen LogP contribution in [-0.2, 0) is 0 Å². The summed E-state index contributed by atoms with van der Waals surface area (Å²) in [5.41, 5.74) is 6.46. The molecule has 0 bridgehead atoms. The Morgan fingerprint density at radius 1 is 1.05 bits per heavy atom. The molecule has 0 amide bonds. The smallest absolute Gasteiger partial charge is 0.201 e. The number of rotatable bonds is 3. The van der Waals surface area contributed by atoms with E-state index in [9.17, 15) is 13.2 Å². The van der Waals surface area contributed by atoms with Crippen molar-refractivity contribution < 1.29 is 17.9 Å². The topological polar surface area (TPSA) is 35.2 Å². The van der Waals surface area contributed by atoms with Gasteiger partial charge in [-0.1, -0.05) is 15.9 Å². The van der Waals surface area contributed by atoms with Gasteiger partial charge in [-0.25, -0.2) is 8.78 Å². The summed E-state index contributed by atoms with van der Waals surface area (Å²) in [6, 6.07) is 4.41. The zero-order valence-corrected chi connectivity index (χ0v) is 13.0. The first-order chi connectivity index (χ1) is 9.79. The van der Waals surface area contributed by atoms with Gasteiger partial charge in [-0.05, 0) is 43.7 Å². The van der Waals surface area contributed by atoms with Crippen LogP contribution in [0.3, 0.4) is 0 Å². The minimum atomic E-state index is -1.11. The summed E-state index contributed by atoms with van der Waals surface area (Å²) in [6.45, 7) is 3.19. The third kappa shape index (κ3) is 3.39. The van der Waals surface area contributed by atoms with Gasteiger partial charge in [0, 0.05) is 16.1 Å². The summed E-state index contributed by atoms with van der Waals surface area (Å²) in [7, 11) is 0. The molecule has 0 aliphatic rings. The van der Waals surface area contributed by atoms with Gasteiger partial charge < -0.3 is 10.5 Å². The highest BCUT2D eigenvalue weighted by atomic mass is 79.9. The Bertz CT molecular complexity index is 689. The molecule has 2 aromatic carbocycles. The first kappa shape index (κ1) is 15.9. The maximum atomic E-state index is 13.8. The highest BCUT2D eigenvalue weighted by Gasteiger charge is 2.17. The molecule has 0 aliphatic heterocycles. The fourth-order valence-corrected chi connectivity index (χ4v) is 2.25. The van der Waals surface area contributed by atoms with Crippen molar-refractivity contribution in [2.75, 3.05) is 0 Å². The van der Waals surface area contributed by atoms with Crippen LogP contribution in [0.2, 0.25) is 0 Å². The molecular weight excluding hydrogens is 347 g/mol. The van der Waals surface area contributed by atoms with E-state index in [1.54, 1.807) is 13.8 Å². The molecule has 0 fully saturated rings. The van der Waals surface area contributed by atoms with Crippen molar-refractivity contribution in [3.63, 3.8) is 0 Å². The third-order valence-electron chi connectivity index (χ3n) is 2.96. The molecule has 0 radical (unpaired) electrons. The zero-order valence-electron chi connectivity index (χ0n) is 11.4. The third-order valence-corrected chi connectivity index (χ3v) is 3.42. The van der Waals surface area contributed by atoms with Crippen LogP contribution in [0.1, 0.15) is 24.1 Å². The van der Waals surface area contributed by atoms with Crippen LogP contribution < -0.4 is 10.5 Å². The molecule has 0 spiro atoms. The molecule has 0 heterocycles. The van der Waals surface area contributed by atoms with Gasteiger partial charge in [0.05, 0.1) is 0 Å². The molecule has 1 atom stereocenters. The Kier molecular flexibility index (Phi) is 4.58. The minimum absolute atomic E-state index is 0.195. The van der Waals surface area contributed by atoms with Crippen molar-refractivity contribution in [2.24, 2.45) is 5.73 Å². The molecule has 0 saturated carbocycles. The van der Waals surface area contributed by atoms with Crippen molar-refractivity contribution in [3.8, 4) is 11.5 Å². The lowest BCUT2D eigenvalue weighted by Crippen LogP contribution is -2.08. The second-order valence-corrected chi connectivity index (χ2v) is 5.65. The summed E-state index contributed by atoms with van der Waals surface area (Å²) in [6.07, 6.45) is 0. The van der Waals surface area contributed by atoms with Gasteiger partial charge in [-0.2, -0.15) is 4.39 Å². The number of hydrogen-bond donors (Lipinski definition) is 1. The van der Waals surface area contributed by atoms with Crippen molar-refractivity contribution in [1.29, 1.82) is 0 Å². The van der Waals surface area contributed by atoms with E-state index in [1.165, 1.54) is 18.2 Å².